The Morgan fingerprint density at radius 1 is 0.654 bits per heavy atom. The normalized spacial score (nSPS) is 13.8. The zero-order valence-corrected chi connectivity index (χ0v) is 15.2. The molecule has 0 amide bonds. The maximum absolute atomic E-state index is 12.3. The van der Waals surface area contributed by atoms with Crippen molar-refractivity contribution in [2.24, 2.45) is 5.14 Å². The van der Waals surface area contributed by atoms with Gasteiger partial charge in [-0.3, -0.25) is 0 Å². The van der Waals surface area contributed by atoms with E-state index in [0.29, 0.717) is 16.0 Å². The predicted molar refractivity (Wildman–Crippen MR) is 107 cm³/mol. The Morgan fingerprint density at radius 2 is 1.12 bits per heavy atom. The summed E-state index contributed by atoms with van der Waals surface area (Å²) < 4.78 is 34.2. The van der Waals surface area contributed by atoms with E-state index in [1.807, 2.05) is 60.7 Å². The van der Waals surface area contributed by atoms with E-state index in [4.69, 9.17) is 5.14 Å². The molecule has 0 aliphatic rings. The highest BCUT2D eigenvalue weighted by molar-refractivity contribution is 7.83. The Balaban J connectivity index is 2.27. The third kappa shape index (κ3) is 2.77. The summed E-state index contributed by atoms with van der Waals surface area (Å²) >= 11 is -2.20. The molecule has 4 rings (SSSR count). The molecule has 2 unspecified atom stereocenters. The van der Waals surface area contributed by atoms with E-state index >= 15 is 0 Å². The van der Waals surface area contributed by atoms with Gasteiger partial charge in [-0.25, -0.2) is 13.6 Å². The van der Waals surface area contributed by atoms with Crippen LogP contribution < -0.4 is 5.14 Å². The van der Waals surface area contributed by atoms with Crippen LogP contribution in [0.5, 0.6) is 0 Å². The van der Waals surface area contributed by atoms with Gasteiger partial charge in [-0.15, -0.1) is 0 Å². The van der Waals surface area contributed by atoms with Crippen LogP contribution in [0.15, 0.2) is 82.6 Å². The highest BCUT2D eigenvalue weighted by Gasteiger charge is 2.20. The Labute approximate surface area is 155 Å². The Bertz CT molecular complexity index is 1110. The van der Waals surface area contributed by atoms with E-state index < -0.39 is 22.1 Å². The second-order valence-electron chi connectivity index (χ2n) is 5.87. The quantitative estimate of drug-likeness (QED) is 0.521. The molecule has 0 aliphatic heterocycles. The van der Waals surface area contributed by atoms with Gasteiger partial charge in [0.2, 0.25) is 0 Å². The molecule has 26 heavy (non-hydrogen) atoms. The molecule has 0 saturated carbocycles. The molecule has 0 fully saturated rings. The van der Waals surface area contributed by atoms with Crippen molar-refractivity contribution < 1.29 is 13.0 Å². The molecule has 3 N–H and O–H groups in total. The van der Waals surface area contributed by atoms with Crippen LogP contribution in [0.3, 0.4) is 0 Å². The van der Waals surface area contributed by atoms with Crippen LogP contribution in [0.1, 0.15) is 0 Å². The number of nitrogens with two attached hydrogens (primary N) is 1. The van der Waals surface area contributed by atoms with E-state index in [1.54, 1.807) is 12.1 Å². The van der Waals surface area contributed by atoms with E-state index in [0.717, 1.165) is 21.5 Å². The maximum Gasteiger partial charge on any atom is 0.187 e. The summed E-state index contributed by atoms with van der Waals surface area (Å²) in [5, 5.41) is 9.27. The minimum absolute atomic E-state index is 0.270. The summed E-state index contributed by atoms with van der Waals surface area (Å²) in [5.41, 5.74) is 1.23. The van der Waals surface area contributed by atoms with Crippen LogP contribution in [0, 0.1) is 0 Å². The zero-order valence-electron chi connectivity index (χ0n) is 13.6. The fourth-order valence-electron chi connectivity index (χ4n) is 3.33. The number of benzene rings is 4. The van der Waals surface area contributed by atoms with E-state index in [2.05, 4.69) is 0 Å². The molecule has 0 heterocycles. The van der Waals surface area contributed by atoms with Crippen molar-refractivity contribution in [3.63, 3.8) is 0 Å². The highest BCUT2D eigenvalue weighted by atomic mass is 32.2. The average Bonchev–Trinajstić information content (AvgIpc) is 2.66. The molecule has 6 heteroatoms. The number of hydrogen-bond acceptors (Lipinski definition) is 2. The van der Waals surface area contributed by atoms with Crippen molar-refractivity contribution in [1.29, 1.82) is 0 Å². The van der Waals surface area contributed by atoms with Crippen molar-refractivity contribution in [3.05, 3.63) is 72.8 Å². The molecule has 0 aromatic heterocycles. The number of rotatable bonds is 3. The van der Waals surface area contributed by atoms with Gasteiger partial charge in [0.15, 0.2) is 11.1 Å². The Hall–Kier alpha value is -2.38. The fourth-order valence-corrected chi connectivity index (χ4v) is 4.52. The Morgan fingerprint density at radius 3 is 1.62 bits per heavy atom. The van der Waals surface area contributed by atoms with Crippen LogP contribution in [-0.2, 0) is 22.1 Å². The summed E-state index contributed by atoms with van der Waals surface area (Å²) in [5.74, 6) is 0. The van der Waals surface area contributed by atoms with Crippen molar-refractivity contribution >= 4 is 43.6 Å². The number of hydrogen-bond donors (Lipinski definition) is 2. The van der Waals surface area contributed by atoms with Gasteiger partial charge in [0.25, 0.3) is 0 Å². The Kier molecular flexibility index (Phi) is 4.42. The van der Waals surface area contributed by atoms with Gasteiger partial charge in [0, 0.05) is 11.1 Å². The summed E-state index contributed by atoms with van der Waals surface area (Å²) in [4.78, 5) is 0.707. The predicted octanol–water partition coefficient (Wildman–Crippen LogP) is 4.22. The minimum Gasteiger partial charge on any atom is -0.302 e. The van der Waals surface area contributed by atoms with Crippen LogP contribution in [0.2, 0.25) is 0 Å². The van der Waals surface area contributed by atoms with Crippen LogP contribution in [0.4, 0.5) is 0 Å². The molecule has 4 nitrogen and oxygen atoms in total. The van der Waals surface area contributed by atoms with Gasteiger partial charge in [0.05, 0.1) is 9.79 Å². The van der Waals surface area contributed by atoms with Gasteiger partial charge < -0.3 is 4.55 Å². The second-order valence-corrected chi connectivity index (χ2v) is 7.84. The van der Waals surface area contributed by atoms with Gasteiger partial charge in [-0.2, -0.15) is 0 Å². The molecule has 0 radical (unpaired) electrons. The highest BCUT2D eigenvalue weighted by Crippen LogP contribution is 2.40. The van der Waals surface area contributed by atoms with Crippen LogP contribution >= 0.6 is 0 Å². The molecule has 4 aromatic rings. The lowest BCUT2D eigenvalue weighted by molar-refractivity contribution is 0.565. The summed E-state index contributed by atoms with van der Waals surface area (Å²) in [7, 11) is -1.74. The molecule has 0 bridgehead atoms. The molecule has 4 aromatic carbocycles. The van der Waals surface area contributed by atoms with E-state index in [1.165, 1.54) is 0 Å². The lowest BCUT2D eigenvalue weighted by atomic mass is 9.94. The van der Waals surface area contributed by atoms with Gasteiger partial charge >= 0.3 is 0 Å². The fraction of sp³-hybridized carbons (Fsp3) is 0. The van der Waals surface area contributed by atoms with Gasteiger partial charge in [0.1, 0.15) is 11.0 Å². The van der Waals surface area contributed by atoms with Crippen molar-refractivity contribution in [1.82, 2.24) is 0 Å². The van der Waals surface area contributed by atoms with Crippen LogP contribution in [-0.4, -0.2) is 13.0 Å². The average molecular weight is 381 g/mol. The smallest absolute Gasteiger partial charge is 0.187 e. The monoisotopic (exact) mass is 381 g/mol. The van der Waals surface area contributed by atoms with Crippen molar-refractivity contribution in [3.8, 4) is 11.1 Å². The largest absolute Gasteiger partial charge is 0.302 e. The summed E-state index contributed by atoms with van der Waals surface area (Å²) in [6.07, 6.45) is 0. The van der Waals surface area contributed by atoms with Gasteiger partial charge in [-0.05, 0) is 33.7 Å². The second kappa shape index (κ2) is 6.74. The summed E-state index contributed by atoms with van der Waals surface area (Å²) in [6.45, 7) is 0. The molecular weight excluding hydrogens is 366 g/mol. The lowest BCUT2D eigenvalue weighted by Crippen LogP contribution is -2.06. The third-order valence-electron chi connectivity index (χ3n) is 4.44. The molecule has 130 valence electrons. The SMILES string of the molecule is NS(=O)c1ccc2ccccc2c1-c1c(S(=O)O)ccc2ccccc12. The lowest BCUT2D eigenvalue weighted by Gasteiger charge is -2.16. The van der Waals surface area contributed by atoms with Crippen molar-refractivity contribution in [2.75, 3.05) is 0 Å². The van der Waals surface area contributed by atoms with Crippen LogP contribution in [0.25, 0.3) is 32.7 Å². The van der Waals surface area contributed by atoms with Gasteiger partial charge in [-0.1, -0.05) is 60.7 Å². The first-order chi connectivity index (χ1) is 12.6. The first-order valence-corrected chi connectivity index (χ1v) is 10.2. The molecule has 0 aliphatic carbocycles. The molecule has 2 atom stereocenters. The molecule has 0 saturated heterocycles. The first kappa shape index (κ1) is 17.1. The topological polar surface area (TPSA) is 80.4 Å². The maximum atomic E-state index is 12.3. The standard InChI is InChI=1S/C20H15NO3S2/c21-25(22)17-11-9-13-5-1-3-7-15(13)19(17)20-16-8-4-2-6-14(16)10-12-18(20)26(23)24/h1-12H,21H2,(H,23,24). The molecule has 0 spiro atoms. The molecular formula is C20H15NO3S2. The zero-order chi connectivity index (χ0) is 18.3. The first-order valence-electron chi connectivity index (χ1n) is 7.89. The van der Waals surface area contributed by atoms with E-state index in [9.17, 15) is 13.0 Å². The third-order valence-corrected chi connectivity index (χ3v) is 5.93. The van der Waals surface area contributed by atoms with E-state index in [-0.39, 0.29) is 4.90 Å². The minimum atomic E-state index is -2.20. The number of fused-ring (bicyclic) bond motifs is 2. The van der Waals surface area contributed by atoms with Crippen molar-refractivity contribution in [2.45, 2.75) is 9.79 Å². The summed E-state index contributed by atoms with van der Waals surface area (Å²) in [6, 6.07) is 22.3.